The second-order valence-electron chi connectivity index (χ2n) is 6.69. The highest BCUT2D eigenvalue weighted by atomic mass is 31.1. The first-order valence-corrected chi connectivity index (χ1v) is 9.59. The van der Waals surface area contributed by atoms with Crippen molar-refractivity contribution in [3.63, 3.8) is 0 Å². The van der Waals surface area contributed by atoms with Gasteiger partial charge in [0, 0.05) is 0 Å². The molecule has 0 heterocycles. The Morgan fingerprint density at radius 3 is 1.74 bits per heavy atom. The molecule has 0 spiro atoms. The average molecular weight is 274 g/mol. The van der Waals surface area contributed by atoms with Crippen LogP contribution in [0.3, 0.4) is 0 Å². The lowest BCUT2D eigenvalue weighted by Crippen LogP contribution is -2.25. The van der Waals surface area contributed by atoms with Crippen molar-refractivity contribution in [1.29, 1.82) is 0 Å². The molecule has 104 valence electrons. The molecule has 0 aliphatic heterocycles. The Labute approximate surface area is 119 Å². The van der Waals surface area contributed by atoms with Crippen LogP contribution in [0.4, 0.5) is 0 Å². The van der Waals surface area contributed by atoms with E-state index in [1.165, 1.54) is 38.5 Å². The molecule has 5 atom stereocenters. The zero-order valence-electron chi connectivity index (χ0n) is 12.4. The molecule has 1 aromatic carbocycles. The fraction of sp³-hybridized carbons (Fsp3) is 0.667. The van der Waals surface area contributed by atoms with Gasteiger partial charge in [-0.1, -0.05) is 77.8 Å². The van der Waals surface area contributed by atoms with Gasteiger partial charge in [0.1, 0.15) is 0 Å². The van der Waals surface area contributed by atoms with Gasteiger partial charge in [0.15, 0.2) is 0 Å². The number of hydrogen-bond donors (Lipinski definition) is 0. The van der Waals surface area contributed by atoms with Crippen LogP contribution in [0, 0.1) is 11.8 Å². The molecule has 1 heteroatoms. The minimum Gasteiger partial charge on any atom is -0.0684 e. The van der Waals surface area contributed by atoms with Crippen molar-refractivity contribution in [3.05, 3.63) is 30.3 Å². The first kappa shape index (κ1) is 13.6. The van der Waals surface area contributed by atoms with Crippen LogP contribution in [0.2, 0.25) is 0 Å². The zero-order chi connectivity index (χ0) is 13.2. The summed E-state index contributed by atoms with van der Waals surface area (Å²) in [7, 11) is 0.0633. The molecule has 0 bridgehead atoms. The SMILES string of the molecule is CC1CCC[C@H]1P(c1ccccc1)[C@H]1CCCC1C. The van der Waals surface area contributed by atoms with E-state index < -0.39 is 0 Å². The maximum atomic E-state index is 2.51. The molecule has 3 rings (SSSR count). The van der Waals surface area contributed by atoms with Gasteiger partial charge in [-0.05, 0) is 41.3 Å². The maximum Gasteiger partial charge on any atom is -0.0141 e. The van der Waals surface area contributed by atoms with Gasteiger partial charge < -0.3 is 0 Å². The molecule has 1 aromatic rings. The van der Waals surface area contributed by atoms with E-state index in [9.17, 15) is 0 Å². The molecule has 2 aliphatic rings. The summed E-state index contributed by atoms with van der Waals surface area (Å²) in [5.74, 6) is 1.92. The standard InChI is InChI=1S/C18H27P/c1-14-8-6-12-17(14)19(16-10-4-3-5-11-16)18-13-7-9-15(18)2/h3-5,10-11,14-15,17-18H,6-9,12-13H2,1-2H3/t14?,15?,17-,18+,19?. The van der Waals surface area contributed by atoms with E-state index in [1.54, 1.807) is 5.30 Å². The Bertz CT molecular complexity index is 379. The second-order valence-corrected chi connectivity index (χ2v) is 9.35. The normalized spacial score (nSPS) is 36.5. The summed E-state index contributed by atoms with van der Waals surface area (Å²) in [5.41, 5.74) is 2.01. The predicted octanol–water partition coefficient (Wildman–Crippen LogP) is 5.17. The van der Waals surface area contributed by atoms with Crippen LogP contribution in [0.1, 0.15) is 52.4 Å². The molecule has 0 radical (unpaired) electrons. The Morgan fingerprint density at radius 2 is 1.32 bits per heavy atom. The Hall–Kier alpha value is -0.350. The summed E-state index contributed by atoms with van der Waals surface area (Å²) in [6.07, 6.45) is 8.86. The molecular formula is C18H27P. The van der Waals surface area contributed by atoms with Crippen molar-refractivity contribution >= 4 is 13.2 Å². The quantitative estimate of drug-likeness (QED) is 0.667. The summed E-state index contributed by atoms with van der Waals surface area (Å²) in [5, 5.41) is 1.69. The van der Waals surface area contributed by atoms with Crippen LogP contribution in [0.5, 0.6) is 0 Å². The van der Waals surface area contributed by atoms with Crippen LogP contribution in [0.25, 0.3) is 0 Å². The van der Waals surface area contributed by atoms with E-state index in [0.29, 0.717) is 0 Å². The summed E-state index contributed by atoms with van der Waals surface area (Å²) in [6, 6.07) is 11.5. The third-order valence-electron chi connectivity index (χ3n) is 5.40. The van der Waals surface area contributed by atoms with E-state index in [4.69, 9.17) is 0 Å². The van der Waals surface area contributed by atoms with E-state index in [2.05, 4.69) is 44.2 Å². The maximum absolute atomic E-state index is 2.51. The molecule has 2 saturated carbocycles. The molecule has 0 nitrogen and oxygen atoms in total. The fourth-order valence-electron chi connectivity index (χ4n) is 4.31. The molecule has 2 fully saturated rings. The van der Waals surface area contributed by atoms with Crippen molar-refractivity contribution in [2.45, 2.75) is 63.7 Å². The minimum atomic E-state index is 0.0633. The van der Waals surface area contributed by atoms with Gasteiger partial charge in [0.05, 0.1) is 0 Å². The van der Waals surface area contributed by atoms with Gasteiger partial charge in [-0.3, -0.25) is 0 Å². The summed E-state index contributed by atoms with van der Waals surface area (Å²) in [4.78, 5) is 0. The zero-order valence-corrected chi connectivity index (χ0v) is 13.3. The second kappa shape index (κ2) is 5.96. The van der Waals surface area contributed by atoms with Gasteiger partial charge in [-0.2, -0.15) is 0 Å². The monoisotopic (exact) mass is 274 g/mol. The number of benzene rings is 1. The first-order chi connectivity index (χ1) is 9.27. The molecule has 0 amide bonds. The lowest BCUT2D eigenvalue weighted by atomic mass is 10.1. The van der Waals surface area contributed by atoms with Gasteiger partial charge in [0.2, 0.25) is 0 Å². The number of rotatable bonds is 3. The van der Waals surface area contributed by atoms with E-state index >= 15 is 0 Å². The summed E-state index contributed by atoms with van der Waals surface area (Å²) in [6.45, 7) is 5.02. The van der Waals surface area contributed by atoms with Crippen LogP contribution < -0.4 is 5.30 Å². The van der Waals surface area contributed by atoms with E-state index in [1.807, 2.05) is 0 Å². The highest BCUT2D eigenvalue weighted by Crippen LogP contribution is 2.59. The minimum absolute atomic E-state index is 0.0633. The molecule has 19 heavy (non-hydrogen) atoms. The smallest absolute Gasteiger partial charge is 0.0141 e. The predicted molar refractivity (Wildman–Crippen MR) is 86.6 cm³/mol. The fourth-order valence-corrected chi connectivity index (χ4v) is 8.40. The molecule has 0 N–H and O–H groups in total. The van der Waals surface area contributed by atoms with Crippen LogP contribution in [0.15, 0.2) is 30.3 Å². The molecule has 2 aliphatic carbocycles. The highest BCUT2D eigenvalue weighted by molar-refractivity contribution is 7.67. The Kier molecular flexibility index (Phi) is 4.27. The average Bonchev–Trinajstić information content (AvgIpc) is 3.02. The largest absolute Gasteiger partial charge is 0.0684 e. The third kappa shape index (κ3) is 2.75. The van der Waals surface area contributed by atoms with Crippen LogP contribution in [-0.2, 0) is 0 Å². The van der Waals surface area contributed by atoms with Crippen molar-refractivity contribution in [2.75, 3.05) is 0 Å². The van der Waals surface area contributed by atoms with Crippen LogP contribution in [-0.4, -0.2) is 11.3 Å². The van der Waals surface area contributed by atoms with Crippen molar-refractivity contribution in [3.8, 4) is 0 Å². The molecule has 0 aromatic heterocycles. The Balaban J connectivity index is 1.91. The highest BCUT2D eigenvalue weighted by Gasteiger charge is 2.39. The summed E-state index contributed by atoms with van der Waals surface area (Å²) >= 11 is 0. The number of hydrogen-bond acceptors (Lipinski definition) is 0. The van der Waals surface area contributed by atoms with E-state index in [-0.39, 0.29) is 7.92 Å². The van der Waals surface area contributed by atoms with E-state index in [0.717, 1.165) is 23.2 Å². The van der Waals surface area contributed by atoms with Crippen molar-refractivity contribution in [1.82, 2.24) is 0 Å². The molecule has 0 saturated heterocycles. The van der Waals surface area contributed by atoms with Crippen LogP contribution >= 0.6 is 7.92 Å². The lowest BCUT2D eigenvalue weighted by Gasteiger charge is -2.35. The topological polar surface area (TPSA) is 0 Å². The van der Waals surface area contributed by atoms with Crippen molar-refractivity contribution in [2.24, 2.45) is 11.8 Å². The lowest BCUT2D eigenvalue weighted by molar-refractivity contribution is 0.590. The third-order valence-corrected chi connectivity index (χ3v) is 9.26. The molecule has 3 unspecified atom stereocenters. The van der Waals surface area contributed by atoms with Gasteiger partial charge in [-0.15, -0.1) is 0 Å². The summed E-state index contributed by atoms with van der Waals surface area (Å²) < 4.78 is 0. The Morgan fingerprint density at radius 1 is 0.789 bits per heavy atom. The van der Waals surface area contributed by atoms with Gasteiger partial charge in [-0.25, -0.2) is 0 Å². The first-order valence-electron chi connectivity index (χ1n) is 8.11. The molecular weight excluding hydrogens is 247 g/mol. The van der Waals surface area contributed by atoms with Crippen molar-refractivity contribution < 1.29 is 0 Å². The van der Waals surface area contributed by atoms with Gasteiger partial charge in [0.25, 0.3) is 0 Å². The van der Waals surface area contributed by atoms with Gasteiger partial charge >= 0.3 is 0 Å².